The number of para-hydroxylation sites is 1. The van der Waals surface area contributed by atoms with Crippen LogP contribution < -0.4 is 5.32 Å². The third-order valence-corrected chi connectivity index (χ3v) is 2.19. The van der Waals surface area contributed by atoms with Gasteiger partial charge in [-0.3, -0.25) is 4.79 Å². The summed E-state index contributed by atoms with van der Waals surface area (Å²) in [5.41, 5.74) is 0.732. The van der Waals surface area contributed by atoms with E-state index in [0.29, 0.717) is 18.3 Å². The van der Waals surface area contributed by atoms with Gasteiger partial charge in [0, 0.05) is 23.9 Å². The van der Waals surface area contributed by atoms with Crippen LogP contribution in [-0.2, 0) is 11.3 Å². The van der Waals surface area contributed by atoms with Crippen molar-refractivity contribution in [3.63, 3.8) is 0 Å². The van der Waals surface area contributed by atoms with Gasteiger partial charge >= 0.3 is 0 Å². The summed E-state index contributed by atoms with van der Waals surface area (Å²) in [4.78, 5) is 11.1. The number of hydrogen-bond donors (Lipinski definition) is 2. The summed E-state index contributed by atoms with van der Waals surface area (Å²) in [5.74, 6) is 0.191. The second-order valence-corrected chi connectivity index (χ2v) is 3.64. The van der Waals surface area contributed by atoms with E-state index in [2.05, 4.69) is 21.2 Å². The number of phenolic OH excluding ortho intramolecular Hbond substituents is 1. The van der Waals surface area contributed by atoms with E-state index in [9.17, 15) is 9.90 Å². The molecule has 14 heavy (non-hydrogen) atoms. The fourth-order valence-electron chi connectivity index (χ4n) is 1.03. The molecule has 0 aromatic heterocycles. The van der Waals surface area contributed by atoms with Crippen molar-refractivity contribution in [2.24, 2.45) is 0 Å². The van der Waals surface area contributed by atoms with Crippen LogP contribution in [0.15, 0.2) is 24.3 Å². The number of hydrogen-bond acceptors (Lipinski definition) is 2. The Hall–Kier alpha value is -1.03. The Bertz CT molecular complexity index is 315. The van der Waals surface area contributed by atoms with Crippen LogP contribution in [0, 0.1) is 0 Å². The summed E-state index contributed by atoms with van der Waals surface area (Å²) in [6.07, 6.45) is 0.452. The molecule has 0 aliphatic rings. The van der Waals surface area contributed by atoms with Crippen LogP contribution in [0.4, 0.5) is 0 Å². The molecule has 0 unspecified atom stereocenters. The maximum Gasteiger partial charge on any atom is 0.221 e. The van der Waals surface area contributed by atoms with E-state index in [4.69, 9.17) is 0 Å². The monoisotopic (exact) mass is 257 g/mol. The number of carbonyl (C=O) groups is 1. The normalized spacial score (nSPS) is 9.79. The Morgan fingerprint density at radius 3 is 2.79 bits per heavy atom. The first kappa shape index (κ1) is 11.0. The highest BCUT2D eigenvalue weighted by atomic mass is 79.9. The zero-order chi connectivity index (χ0) is 10.4. The van der Waals surface area contributed by atoms with E-state index in [1.54, 1.807) is 18.2 Å². The van der Waals surface area contributed by atoms with Crippen molar-refractivity contribution in [3.05, 3.63) is 29.8 Å². The lowest BCUT2D eigenvalue weighted by molar-refractivity contribution is -0.120. The maximum absolute atomic E-state index is 11.1. The summed E-state index contributed by atoms with van der Waals surface area (Å²) in [6, 6.07) is 6.96. The zero-order valence-electron chi connectivity index (χ0n) is 7.66. The maximum atomic E-state index is 11.1. The largest absolute Gasteiger partial charge is 0.508 e. The lowest BCUT2D eigenvalue weighted by Gasteiger charge is -2.05. The molecule has 2 N–H and O–H groups in total. The number of alkyl halides is 1. The van der Waals surface area contributed by atoms with Gasteiger partial charge in [0.15, 0.2) is 0 Å². The topological polar surface area (TPSA) is 49.3 Å². The van der Waals surface area contributed by atoms with Crippen molar-refractivity contribution in [2.75, 3.05) is 5.33 Å². The average molecular weight is 258 g/mol. The van der Waals surface area contributed by atoms with E-state index in [1.807, 2.05) is 6.07 Å². The number of rotatable bonds is 4. The third-order valence-electron chi connectivity index (χ3n) is 1.79. The first-order valence-electron chi connectivity index (χ1n) is 4.33. The lowest BCUT2D eigenvalue weighted by atomic mass is 10.2. The molecule has 0 spiro atoms. The standard InChI is InChI=1S/C10H12BrNO2/c11-6-5-10(14)12-7-8-3-1-2-4-9(8)13/h1-4,13H,5-7H2,(H,12,14). The molecule has 0 saturated carbocycles. The molecule has 1 amide bonds. The van der Waals surface area contributed by atoms with Gasteiger partial charge in [0.05, 0.1) is 0 Å². The Labute approximate surface area is 91.3 Å². The molecule has 1 aromatic carbocycles. The average Bonchev–Trinajstić information content (AvgIpc) is 2.17. The molecule has 0 heterocycles. The summed E-state index contributed by atoms with van der Waals surface area (Å²) in [6.45, 7) is 0.374. The molecule has 0 atom stereocenters. The van der Waals surface area contributed by atoms with Gasteiger partial charge in [-0.1, -0.05) is 34.1 Å². The number of benzene rings is 1. The number of nitrogens with one attached hydrogen (secondary N) is 1. The molecule has 1 aromatic rings. The molecule has 1 rings (SSSR count). The van der Waals surface area contributed by atoms with Gasteiger partial charge in [0.25, 0.3) is 0 Å². The molecule has 0 saturated heterocycles. The van der Waals surface area contributed by atoms with Gasteiger partial charge in [-0.2, -0.15) is 0 Å². The number of aromatic hydroxyl groups is 1. The number of carbonyl (C=O) groups excluding carboxylic acids is 1. The molecule has 76 valence electrons. The number of amides is 1. The highest BCUT2D eigenvalue weighted by molar-refractivity contribution is 9.09. The molecule has 0 radical (unpaired) electrons. The van der Waals surface area contributed by atoms with Gasteiger partial charge < -0.3 is 10.4 Å². The van der Waals surface area contributed by atoms with Crippen LogP contribution >= 0.6 is 15.9 Å². The van der Waals surface area contributed by atoms with Crippen LogP contribution in [0.1, 0.15) is 12.0 Å². The highest BCUT2D eigenvalue weighted by Crippen LogP contribution is 2.14. The highest BCUT2D eigenvalue weighted by Gasteiger charge is 2.02. The molecule has 0 aliphatic carbocycles. The van der Waals surface area contributed by atoms with E-state index in [1.165, 1.54) is 0 Å². The van der Waals surface area contributed by atoms with Gasteiger partial charge in [0.1, 0.15) is 5.75 Å². The molecule has 4 heteroatoms. The van der Waals surface area contributed by atoms with Crippen molar-refractivity contribution in [1.82, 2.24) is 5.32 Å². The van der Waals surface area contributed by atoms with Crippen molar-refractivity contribution >= 4 is 21.8 Å². The Morgan fingerprint density at radius 1 is 1.43 bits per heavy atom. The molecular formula is C10H12BrNO2. The van der Waals surface area contributed by atoms with Crippen LogP contribution in [0.5, 0.6) is 5.75 Å². The fraction of sp³-hybridized carbons (Fsp3) is 0.300. The van der Waals surface area contributed by atoms with E-state index in [0.717, 1.165) is 5.56 Å². The smallest absolute Gasteiger partial charge is 0.221 e. The first-order chi connectivity index (χ1) is 6.74. The van der Waals surface area contributed by atoms with Gasteiger partial charge in [-0.05, 0) is 6.07 Å². The molecule has 0 bridgehead atoms. The minimum Gasteiger partial charge on any atom is -0.508 e. The summed E-state index contributed by atoms with van der Waals surface area (Å²) in [7, 11) is 0. The van der Waals surface area contributed by atoms with Crippen LogP contribution in [-0.4, -0.2) is 16.3 Å². The Balaban J connectivity index is 2.46. The first-order valence-corrected chi connectivity index (χ1v) is 5.45. The van der Waals surface area contributed by atoms with Crippen LogP contribution in [0.25, 0.3) is 0 Å². The second-order valence-electron chi connectivity index (χ2n) is 2.84. The molecule has 0 aliphatic heterocycles. The zero-order valence-corrected chi connectivity index (χ0v) is 9.25. The fourth-order valence-corrected chi connectivity index (χ4v) is 1.39. The predicted octanol–water partition coefficient (Wildman–Crippen LogP) is 1.79. The quantitative estimate of drug-likeness (QED) is 0.809. The van der Waals surface area contributed by atoms with Crippen molar-refractivity contribution in [3.8, 4) is 5.75 Å². The molecule has 0 fully saturated rings. The summed E-state index contributed by atoms with van der Waals surface area (Å²) < 4.78 is 0. The number of phenols is 1. The molecule has 3 nitrogen and oxygen atoms in total. The minimum atomic E-state index is -0.0230. The summed E-state index contributed by atoms with van der Waals surface area (Å²) in [5, 5.41) is 12.8. The van der Waals surface area contributed by atoms with E-state index in [-0.39, 0.29) is 11.7 Å². The van der Waals surface area contributed by atoms with Gasteiger partial charge in [-0.25, -0.2) is 0 Å². The Kier molecular flexibility index (Phi) is 4.46. The van der Waals surface area contributed by atoms with Gasteiger partial charge in [-0.15, -0.1) is 0 Å². The second kappa shape index (κ2) is 5.65. The number of halogens is 1. The van der Waals surface area contributed by atoms with E-state index < -0.39 is 0 Å². The van der Waals surface area contributed by atoms with Crippen LogP contribution in [0.3, 0.4) is 0 Å². The minimum absolute atomic E-state index is 0.0230. The Morgan fingerprint density at radius 2 is 2.14 bits per heavy atom. The van der Waals surface area contributed by atoms with Crippen molar-refractivity contribution < 1.29 is 9.90 Å². The molecular weight excluding hydrogens is 246 g/mol. The SMILES string of the molecule is O=C(CCBr)NCc1ccccc1O. The summed E-state index contributed by atoms with van der Waals surface area (Å²) >= 11 is 3.18. The van der Waals surface area contributed by atoms with E-state index >= 15 is 0 Å². The third kappa shape index (κ3) is 3.38. The van der Waals surface area contributed by atoms with Crippen molar-refractivity contribution in [2.45, 2.75) is 13.0 Å². The van der Waals surface area contributed by atoms with Gasteiger partial charge in [0.2, 0.25) is 5.91 Å². The predicted molar refractivity (Wildman–Crippen MR) is 58.4 cm³/mol. The van der Waals surface area contributed by atoms with Crippen LogP contribution in [0.2, 0.25) is 0 Å². The lowest BCUT2D eigenvalue weighted by Crippen LogP contribution is -2.22. The van der Waals surface area contributed by atoms with Crippen molar-refractivity contribution in [1.29, 1.82) is 0 Å².